The first-order valence-corrected chi connectivity index (χ1v) is 6.94. The summed E-state index contributed by atoms with van der Waals surface area (Å²) >= 11 is 0. The van der Waals surface area contributed by atoms with Gasteiger partial charge in [-0.15, -0.1) is 0 Å². The lowest BCUT2D eigenvalue weighted by Gasteiger charge is -2.19. The molecule has 20 heavy (non-hydrogen) atoms. The van der Waals surface area contributed by atoms with Crippen LogP contribution in [0.5, 0.6) is 0 Å². The molecule has 1 aromatic carbocycles. The summed E-state index contributed by atoms with van der Waals surface area (Å²) in [4.78, 5) is 2.38. The van der Waals surface area contributed by atoms with Gasteiger partial charge in [0.05, 0.1) is 6.61 Å². The molecule has 0 bridgehead atoms. The fourth-order valence-corrected chi connectivity index (χ4v) is 3.27. The third kappa shape index (κ3) is 3.33. The molecular weight excluding hydrogens is 267 g/mol. The van der Waals surface area contributed by atoms with Crippen LogP contribution in [-0.2, 0) is 11.3 Å². The van der Waals surface area contributed by atoms with Crippen LogP contribution in [-0.4, -0.2) is 37.4 Å². The van der Waals surface area contributed by atoms with Crippen LogP contribution in [0.15, 0.2) is 30.3 Å². The molecule has 1 saturated heterocycles. The number of likely N-dealkylation sites (tertiary alicyclic amines) is 1. The number of benzene rings is 1. The number of hydrogen-bond acceptors (Lipinski definition) is 2. The molecule has 2 fully saturated rings. The van der Waals surface area contributed by atoms with E-state index in [1.807, 2.05) is 18.2 Å². The van der Waals surface area contributed by atoms with E-state index in [-0.39, 0.29) is 6.61 Å². The molecule has 0 spiro atoms. The Morgan fingerprint density at radius 3 is 2.35 bits per heavy atom. The molecule has 0 N–H and O–H groups in total. The summed E-state index contributed by atoms with van der Waals surface area (Å²) in [5.41, 5.74) is 1.29. The second kappa shape index (κ2) is 5.37. The van der Waals surface area contributed by atoms with Crippen molar-refractivity contribution < 1.29 is 17.9 Å². The molecule has 110 valence electrons. The molecule has 2 aliphatic rings. The summed E-state index contributed by atoms with van der Waals surface area (Å²) in [5, 5.41) is 0. The van der Waals surface area contributed by atoms with Crippen molar-refractivity contribution in [1.29, 1.82) is 0 Å². The summed E-state index contributed by atoms with van der Waals surface area (Å²) in [6.45, 7) is 2.05. The van der Waals surface area contributed by atoms with Crippen LogP contribution in [0, 0.1) is 17.8 Å². The lowest BCUT2D eigenvalue weighted by Crippen LogP contribution is -2.25. The summed E-state index contributed by atoms with van der Waals surface area (Å²) < 4.78 is 40.7. The smallest absolute Gasteiger partial charge is 0.372 e. The van der Waals surface area contributed by atoms with E-state index in [2.05, 4.69) is 17.0 Å². The van der Waals surface area contributed by atoms with Crippen molar-refractivity contribution in [2.75, 3.05) is 26.3 Å². The fourth-order valence-electron chi connectivity index (χ4n) is 3.27. The third-order valence-electron chi connectivity index (χ3n) is 4.27. The number of piperidine rings is 1. The molecule has 2 nitrogen and oxygen atoms in total. The van der Waals surface area contributed by atoms with Crippen LogP contribution < -0.4 is 0 Å². The van der Waals surface area contributed by atoms with E-state index < -0.39 is 12.8 Å². The Morgan fingerprint density at radius 1 is 1.10 bits per heavy atom. The van der Waals surface area contributed by atoms with Crippen molar-refractivity contribution in [3.8, 4) is 0 Å². The van der Waals surface area contributed by atoms with Gasteiger partial charge in [-0.25, -0.2) is 0 Å². The average Bonchev–Trinajstić information content (AvgIpc) is 2.83. The molecule has 1 aliphatic heterocycles. The number of nitrogens with zero attached hydrogens (tertiary/aromatic N) is 1. The van der Waals surface area contributed by atoms with Crippen molar-refractivity contribution in [2.45, 2.75) is 12.7 Å². The number of ether oxygens (including phenoxy) is 1. The SMILES string of the molecule is FC(F)(F)COCC1[C@H]2CN(Cc3ccccc3)C[C@@H]12. The van der Waals surface area contributed by atoms with E-state index in [9.17, 15) is 13.2 Å². The standard InChI is InChI=1S/C15H18F3NO/c16-15(17,18)10-20-9-14-12-7-19(8-13(12)14)6-11-4-2-1-3-5-11/h1-5,12-14H,6-10H2/t12-,13+,14?. The second-order valence-electron chi connectivity index (χ2n) is 5.80. The Bertz CT molecular complexity index is 436. The van der Waals surface area contributed by atoms with Crippen molar-refractivity contribution in [3.05, 3.63) is 35.9 Å². The molecule has 0 amide bonds. The predicted octanol–water partition coefficient (Wildman–Crippen LogP) is 2.94. The van der Waals surface area contributed by atoms with Gasteiger partial charge in [-0.05, 0) is 23.3 Å². The van der Waals surface area contributed by atoms with E-state index in [1.54, 1.807) is 0 Å². The molecule has 1 unspecified atom stereocenters. The molecule has 3 atom stereocenters. The number of hydrogen-bond donors (Lipinski definition) is 0. The molecule has 5 heteroatoms. The van der Waals surface area contributed by atoms with Gasteiger partial charge in [-0.3, -0.25) is 4.90 Å². The van der Waals surface area contributed by atoms with Gasteiger partial charge in [0.25, 0.3) is 0 Å². The first kappa shape index (κ1) is 13.9. The lowest BCUT2D eigenvalue weighted by atomic mass is 10.2. The van der Waals surface area contributed by atoms with Gasteiger partial charge in [-0.2, -0.15) is 13.2 Å². The number of rotatable bonds is 5. The molecule has 1 aromatic rings. The Kier molecular flexibility index (Phi) is 3.73. The summed E-state index contributed by atoms with van der Waals surface area (Å²) in [7, 11) is 0. The van der Waals surface area contributed by atoms with Crippen molar-refractivity contribution >= 4 is 0 Å². The first-order chi connectivity index (χ1) is 9.53. The zero-order valence-electron chi connectivity index (χ0n) is 11.1. The van der Waals surface area contributed by atoms with E-state index in [4.69, 9.17) is 4.74 Å². The van der Waals surface area contributed by atoms with E-state index in [0.717, 1.165) is 19.6 Å². The minimum absolute atomic E-state index is 0.258. The van der Waals surface area contributed by atoms with Crippen LogP contribution >= 0.6 is 0 Å². The van der Waals surface area contributed by atoms with Gasteiger partial charge in [0.1, 0.15) is 6.61 Å². The highest BCUT2D eigenvalue weighted by atomic mass is 19.4. The van der Waals surface area contributed by atoms with Crippen LogP contribution in [0.3, 0.4) is 0 Å². The van der Waals surface area contributed by atoms with Gasteiger partial charge < -0.3 is 4.74 Å². The monoisotopic (exact) mass is 285 g/mol. The van der Waals surface area contributed by atoms with Gasteiger partial charge in [0, 0.05) is 19.6 Å². The molecule has 3 rings (SSSR count). The Morgan fingerprint density at radius 2 is 1.75 bits per heavy atom. The van der Waals surface area contributed by atoms with Crippen molar-refractivity contribution in [1.82, 2.24) is 4.90 Å². The highest BCUT2D eigenvalue weighted by molar-refractivity contribution is 5.15. The zero-order chi connectivity index (χ0) is 14.2. The van der Waals surface area contributed by atoms with Crippen LogP contribution in [0.2, 0.25) is 0 Å². The quantitative estimate of drug-likeness (QED) is 0.824. The lowest BCUT2D eigenvalue weighted by molar-refractivity contribution is -0.175. The minimum atomic E-state index is -4.21. The zero-order valence-corrected chi connectivity index (χ0v) is 11.1. The number of fused-ring (bicyclic) bond motifs is 1. The normalized spacial score (nSPS) is 29.4. The predicted molar refractivity (Wildman–Crippen MR) is 69.1 cm³/mol. The maximum Gasteiger partial charge on any atom is 0.411 e. The van der Waals surface area contributed by atoms with Crippen LogP contribution in [0.1, 0.15) is 5.56 Å². The highest BCUT2D eigenvalue weighted by Crippen LogP contribution is 2.52. The summed E-state index contributed by atoms with van der Waals surface area (Å²) in [5.74, 6) is 1.41. The molecular formula is C15H18F3NO. The average molecular weight is 285 g/mol. The fraction of sp³-hybridized carbons (Fsp3) is 0.600. The molecule has 1 aliphatic carbocycles. The highest BCUT2D eigenvalue weighted by Gasteiger charge is 2.55. The van der Waals surface area contributed by atoms with Crippen molar-refractivity contribution in [2.24, 2.45) is 17.8 Å². The number of halogens is 3. The minimum Gasteiger partial charge on any atom is -0.372 e. The largest absolute Gasteiger partial charge is 0.411 e. The molecule has 1 saturated carbocycles. The van der Waals surface area contributed by atoms with Crippen LogP contribution in [0.4, 0.5) is 13.2 Å². The Labute approximate surface area is 116 Å². The van der Waals surface area contributed by atoms with E-state index in [1.165, 1.54) is 5.56 Å². The Hall–Kier alpha value is -1.07. The van der Waals surface area contributed by atoms with Crippen LogP contribution in [0.25, 0.3) is 0 Å². The van der Waals surface area contributed by atoms with Gasteiger partial charge in [-0.1, -0.05) is 30.3 Å². The summed E-state index contributed by atoms with van der Waals surface area (Å²) in [6.07, 6.45) is -4.21. The van der Waals surface area contributed by atoms with Gasteiger partial charge in [0.2, 0.25) is 0 Å². The molecule has 0 aromatic heterocycles. The number of alkyl halides is 3. The van der Waals surface area contributed by atoms with Gasteiger partial charge >= 0.3 is 6.18 Å². The maximum atomic E-state index is 12.0. The van der Waals surface area contributed by atoms with E-state index >= 15 is 0 Å². The first-order valence-electron chi connectivity index (χ1n) is 6.94. The Balaban J connectivity index is 1.38. The van der Waals surface area contributed by atoms with Crippen molar-refractivity contribution in [3.63, 3.8) is 0 Å². The van der Waals surface area contributed by atoms with Gasteiger partial charge in [0.15, 0.2) is 0 Å². The molecule has 1 heterocycles. The second-order valence-corrected chi connectivity index (χ2v) is 5.80. The summed E-state index contributed by atoms with van der Waals surface area (Å²) in [6, 6.07) is 10.3. The third-order valence-corrected chi connectivity index (χ3v) is 4.27. The molecule has 0 radical (unpaired) electrons. The van der Waals surface area contributed by atoms with E-state index in [0.29, 0.717) is 17.8 Å². The topological polar surface area (TPSA) is 12.5 Å². The maximum absolute atomic E-state index is 12.0.